The number of benzene rings is 1. The number of amides is 1. The number of nitrogen functional groups attached to an aromatic ring is 1. The molecule has 0 saturated carbocycles. The molecule has 0 fully saturated rings. The van der Waals surface area contributed by atoms with Gasteiger partial charge in [-0.3, -0.25) is 4.79 Å². The minimum Gasteiger partial charge on any atom is -0.492 e. The molecule has 0 unspecified atom stereocenters. The Hall–Kier alpha value is -2.43. The van der Waals surface area contributed by atoms with Gasteiger partial charge in [-0.1, -0.05) is 0 Å². The number of hydrogen-bond donors (Lipinski definition) is 1. The van der Waals surface area contributed by atoms with Crippen molar-refractivity contribution in [1.82, 2.24) is 4.90 Å². The van der Waals surface area contributed by atoms with E-state index in [1.165, 1.54) is 0 Å². The molecule has 0 saturated heterocycles. The minimum absolute atomic E-state index is 0.115. The second-order valence-electron chi connectivity index (χ2n) is 4.43. The lowest BCUT2D eigenvalue weighted by Gasteiger charge is -2.16. The molecule has 106 valence electrons. The van der Waals surface area contributed by atoms with Crippen LogP contribution in [-0.2, 0) is 6.54 Å². The second kappa shape index (κ2) is 6.14. The van der Waals surface area contributed by atoms with Crippen molar-refractivity contribution < 1.29 is 13.9 Å². The predicted molar refractivity (Wildman–Crippen MR) is 76.5 cm³/mol. The van der Waals surface area contributed by atoms with Gasteiger partial charge in [-0.15, -0.1) is 0 Å². The van der Waals surface area contributed by atoms with Crippen LogP contribution in [0.2, 0.25) is 0 Å². The fraction of sp³-hybridized carbons (Fsp3) is 0.267. The lowest BCUT2D eigenvalue weighted by atomic mass is 10.1. The third-order valence-electron chi connectivity index (χ3n) is 2.88. The fourth-order valence-corrected chi connectivity index (χ4v) is 1.90. The molecule has 5 nitrogen and oxygen atoms in total. The summed E-state index contributed by atoms with van der Waals surface area (Å²) in [5.41, 5.74) is 6.86. The van der Waals surface area contributed by atoms with Crippen molar-refractivity contribution in [3.63, 3.8) is 0 Å². The highest BCUT2D eigenvalue weighted by molar-refractivity contribution is 5.95. The van der Waals surface area contributed by atoms with Gasteiger partial charge in [-0.25, -0.2) is 0 Å². The normalized spacial score (nSPS) is 10.3. The van der Waals surface area contributed by atoms with Gasteiger partial charge in [0.25, 0.3) is 5.91 Å². The molecule has 2 rings (SSSR count). The van der Waals surface area contributed by atoms with Gasteiger partial charge in [-0.05, 0) is 37.3 Å². The number of ether oxygens (including phenoxy) is 1. The monoisotopic (exact) mass is 274 g/mol. The largest absolute Gasteiger partial charge is 0.492 e. The number of rotatable bonds is 5. The molecule has 2 aromatic rings. The SMILES string of the molecule is CCOc1ccc(C(=O)N(C)Cc2ccco2)cc1N. The number of nitrogens with two attached hydrogens (primary N) is 1. The average Bonchev–Trinajstić information content (AvgIpc) is 2.93. The van der Waals surface area contributed by atoms with Crippen LogP contribution in [0.4, 0.5) is 5.69 Å². The Labute approximate surface area is 117 Å². The Morgan fingerprint density at radius 3 is 2.80 bits per heavy atom. The van der Waals surface area contributed by atoms with E-state index in [0.29, 0.717) is 30.2 Å². The smallest absolute Gasteiger partial charge is 0.254 e. The van der Waals surface area contributed by atoms with Gasteiger partial charge in [-0.2, -0.15) is 0 Å². The standard InChI is InChI=1S/C15H18N2O3/c1-3-19-14-7-6-11(9-13(14)16)15(18)17(2)10-12-5-4-8-20-12/h4-9H,3,10,16H2,1-2H3. The van der Waals surface area contributed by atoms with Crippen LogP contribution in [0.1, 0.15) is 23.0 Å². The predicted octanol–water partition coefficient (Wildman–Crippen LogP) is 2.53. The molecule has 5 heteroatoms. The van der Waals surface area contributed by atoms with E-state index in [4.69, 9.17) is 14.9 Å². The summed E-state index contributed by atoms with van der Waals surface area (Å²) in [5, 5.41) is 0. The van der Waals surface area contributed by atoms with Crippen molar-refractivity contribution in [3.05, 3.63) is 47.9 Å². The van der Waals surface area contributed by atoms with Crippen molar-refractivity contribution in [2.75, 3.05) is 19.4 Å². The van der Waals surface area contributed by atoms with Crippen molar-refractivity contribution in [2.24, 2.45) is 0 Å². The molecule has 0 aliphatic carbocycles. The molecule has 1 aromatic carbocycles. The maximum Gasteiger partial charge on any atom is 0.254 e. The summed E-state index contributed by atoms with van der Waals surface area (Å²) in [5.74, 6) is 1.22. The Balaban J connectivity index is 2.10. The lowest BCUT2D eigenvalue weighted by molar-refractivity contribution is 0.0775. The summed E-state index contributed by atoms with van der Waals surface area (Å²) in [6.45, 7) is 2.84. The highest BCUT2D eigenvalue weighted by atomic mass is 16.5. The number of anilines is 1. The van der Waals surface area contributed by atoms with Crippen LogP contribution in [0.3, 0.4) is 0 Å². The molecule has 1 heterocycles. The second-order valence-corrected chi connectivity index (χ2v) is 4.43. The topological polar surface area (TPSA) is 68.7 Å². The first kappa shape index (κ1) is 14.0. The van der Waals surface area contributed by atoms with Crippen LogP contribution >= 0.6 is 0 Å². The molecule has 0 aliphatic heterocycles. The van der Waals surface area contributed by atoms with Gasteiger partial charge in [0.1, 0.15) is 11.5 Å². The molecule has 1 amide bonds. The van der Waals surface area contributed by atoms with E-state index >= 15 is 0 Å². The van der Waals surface area contributed by atoms with Crippen LogP contribution < -0.4 is 10.5 Å². The maximum absolute atomic E-state index is 12.3. The van der Waals surface area contributed by atoms with Crippen LogP contribution in [0, 0.1) is 0 Å². The van der Waals surface area contributed by atoms with Crippen LogP contribution in [-0.4, -0.2) is 24.5 Å². The zero-order valence-corrected chi connectivity index (χ0v) is 11.6. The summed E-state index contributed by atoms with van der Waals surface area (Å²) in [6.07, 6.45) is 1.59. The summed E-state index contributed by atoms with van der Waals surface area (Å²) < 4.78 is 10.6. The lowest BCUT2D eigenvalue weighted by Crippen LogP contribution is -2.26. The average molecular weight is 274 g/mol. The first-order valence-electron chi connectivity index (χ1n) is 6.42. The van der Waals surface area contributed by atoms with E-state index < -0.39 is 0 Å². The summed E-state index contributed by atoms with van der Waals surface area (Å²) >= 11 is 0. The Morgan fingerprint density at radius 1 is 1.40 bits per heavy atom. The maximum atomic E-state index is 12.3. The number of hydrogen-bond acceptors (Lipinski definition) is 4. The molecule has 1 aromatic heterocycles. The van der Waals surface area contributed by atoms with Crippen LogP contribution in [0.15, 0.2) is 41.0 Å². The molecular weight excluding hydrogens is 256 g/mol. The number of furan rings is 1. The quantitative estimate of drug-likeness (QED) is 0.851. The van der Waals surface area contributed by atoms with Gasteiger partial charge in [0.2, 0.25) is 0 Å². The molecule has 0 atom stereocenters. The molecular formula is C15H18N2O3. The molecule has 20 heavy (non-hydrogen) atoms. The minimum atomic E-state index is -0.115. The Bertz CT molecular complexity index is 579. The molecule has 0 aliphatic rings. The third-order valence-corrected chi connectivity index (χ3v) is 2.88. The first-order chi connectivity index (χ1) is 9.61. The van der Waals surface area contributed by atoms with E-state index in [9.17, 15) is 4.79 Å². The van der Waals surface area contributed by atoms with Crippen molar-refractivity contribution in [2.45, 2.75) is 13.5 Å². The Kier molecular flexibility index (Phi) is 4.30. The van der Waals surface area contributed by atoms with Crippen LogP contribution in [0.5, 0.6) is 5.75 Å². The zero-order valence-electron chi connectivity index (χ0n) is 11.6. The van der Waals surface area contributed by atoms with E-state index in [1.807, 2.05) is 13.0 Å². The van der Waals surface area contributed by atoms with Crippen molar-refractivity contribution in [1.29, 1.82) is 0 Å². The van der Waals surface area contributed by atoms with Gasteiger partial charge in [0.05, 0.1) is 25.1 Å². The van der Waals surface area contributed by atoms with E-state index in [1.54, 1.807) is 42.5 Å². The van der Waals surface area contributed by atoms with Crippen molar-refractivity contribution >= 4 is 11.6 Å². The molecule has 0 radical (unpaired) electrons. The van der Waals surface area contributed by atoms with Gasteiger partial charge in [0, 0.05) is 12.6 Å². The summed E-state index contributed by atoms with van der Waals surface area (Å²) in [6, 6.07) is 8.68. The highest BCUT2D eigenvalue weighted by Gasteiger charge is 2.14. The van der Waals surface area contributed by atoms with Gasteiger partial charge < -0.3 is 19.8 Å². The number of carbonyl (C=O) groups excluding carboxylic acids is 1. The highest BCUT2D eigenvalue weighted by Crippen LogP contribution is 2.23. The molecule has 2 N–H and O–H groups in total. The van der Waals surface area contributed by atoms with Crippen molar-refractivity contribution in [3.8, 4) is 5.75 Å². The fourth-order valence-electron chi connectivity index (χ4n) is 1.90. The first-order valence-corrected chi connectivity index (χ1v) is 6.42. The van der Waals surface area contributed by atoms with E-state index in [2.05, 4.69) is 0 Å². The summed E-state index contributed by atoms with van der Waals surface area (Å²) in [4.78, 5) is 13.9. The summed E-state index contributed by atoms with van der Waals surface area (Å²) in [7, 11) is 1.72. The zero-order chi connectivity index (χ0) is 14.5. The Morgan fingerprint density at radius 2 is 2.20 bits per heavy atom. The molecule has 0 bridgehead atoms. The molecule has 0 spiro atoms. The third kappa shape index (κ3) is 3.12. The number of nitrogens with zero attached hydrogens (tertiary/aromatic N) is 1. The van der Waals surface area contributed by atoms with Gasteiger partial charge >= 0.3 is 0 Å². The van der Waals surface area contributed by atoms with Gasteiger partial charge in [0.15, 0.2) is 0 Å². The van der Waals surface area contributed by atoms with Crippen LogP contribution in [0.25, 0.3) is 0 Å². The van der Waals surface area contributed by atoms with E-state index in [-0.39, 0.29) is 5.91 Å². The van der Waals surface area contributed by atoms with E-state index in [0.717, 1.165) is 5.76 Å². The number of carbonyl (C=O) groups is 1.